The summed E-state index contributed by atoms with van der Waals surface area (Å²) >= 11 is 3.73. The molecule has 3 aliphatic rings. The van der Waals surface area contributed by atoms with Crippen molar-refractivity contribution in [3.05, 3.63) is 435 Å². The number of rotatable bonds is 13. The van der Waals surface area contributed by atoms with Gasteiger partial charge in [-0.3, -0.25) is 0 Å². The van der Waals surface area contributed by atoms with Crippen LogP contribution >= 0.6 is 22.7 Å². The van der Waals surface area contributed by atoms with Crippen LogP contribution in [-0.4, -0.2) is 0 Å². The SMILES string of the molecule is CC1(C)c2cc(-c3ccc(-c4ccc5cc(-c6ccc(N(c7ccc(-c8ccc9sc%10ccccc%10c9c8)cc7)c7ccc8c(c7)C(C)(C)c7cc(-c9ccccc9)ccc7-8)cc6)c6ccccc6c5c4)cc3)ccc2-c2ccc(N(c3ccc(-c4ccc5sc6ccccc6c5c4)cc3)c3ccc(-c4ccc5c6c(cccc46)-c4ccccc4-5)cc3)cc21. The minimum absolute atomic E-state index is 0.225. The quantitative estimate of drug-likeness (QED) is 0.106. The fraction of sp³-hybridized carbons (Fsp3) is 0.0500. The molecule has 0 fully saturated rings. The number of hydrogen-bond acceptors (Lipinski definition) is 4. The van der Waals surface area contributed by atoms with E-state index < -0.39 is 0 Å². The molecule has 582 valence electrons. The van der Waals surface area contributed by atoms with Gasteiger partial charge in [-0.25, -0.2) is 0 Å². The van der Waals surface area contributed by atoms with Gasteiger partial charge in [0.15, 0.2) is 0 Å². The lowest BCUT2D eigenvalue weighted by Crippen LogP contribution is -2.16. The Hall–Kier alpha value is -14.8. The Balaban J connectivity index is 0.512. The van der Waals surface area contributed by atoms with Gasteiger partial charge in [0.2, 0.25) is 0 Å². The van der Waals surface area contributed by atoms with Crippen molar-refractivity contribution < 1.29 is 0 Å². The molecule has 22 aromatic rings. The van der Waals surface area contributed by atoms with Gasteiger partial charge in [0.25, 0.3) is 0 Å². The molecule has 0 aliphatic heterocycles. The predicted molar refractivity (Wildman–Crippen MR) is 532 cm³/mol. The van der Waals surface area contributed by atoms with E-state index in [0.717, 1.165) is 34.1 Å². The van der Waals surface area contributed by atoms with E-state index >= 15 is 0 Å². The third-order valence-corrected chi connectivity index (χ3v) is 29.8. The molecule has 0 saturated carbocycles. The summed E-state index contributed by atoms with van der Waals surface area (Å²) in [5, 5.41) is 12.8. The van der Waals surface area contributed by atoms with E-state index in [2.05, 4.69) is 450 Å². The number of anilines is 6. The van der Waals surface area contributed by atoms with Gasteiger partial charge < -0.3 is 9.80 Å². The van der Waals surface area contributed by atoms with Gasteiger partial charge in [-0.15, -0.1) is 22.7 Å². The molecule has 4 heteroatoms. The second-order valence-corrected chi connectivity index (χ2v) is 37.2. The van der Waals surface area contributed by atoms with E-state index in [4.69, 9.17) is 0 Å². The zero-order chi connectivity index (χ0) is 82.2. The van der Waals surface area contributed by atoms with Crippen LogP contribution in [0.4, 0.5) is 34.1 Å². The van der Waals surface area contributed by atoms with E-state index in [9.17, 15) is 0 Å². The third-order valence-electron chi connectivity index (χ3n) is 27.4. The van der Waals surface area contributed by atoms with Crippen molar-refractivity contribution >= 4 is 129 Å². The second kappa shape index (κ2) is 27.9. The normalized spacial score (nSPS) is 13.1. The fourth-order valence-electron chi connectivity index (χ4n) is 21.0. The van der Waals surface area contributed by atoms with Crippen molar-refractivity contribution in [1.82, 2.24) is 0 Å². The monoisotopic (exact) mass is 1610 g/mol. The molecule has 3 aliphatic carbocycles. The topological polar surface area (TPSA) is 6.48 Å². The van der Waals surface area contributed by atoms with Crippen LogP contribution in [0.3, 0.4) is 0 Å². The van der Waals surface area contributed by atoms with Crippen molar-refractivity contribution in [1.29, 1.82) is 0 Å². The lowest BCUT2D eigenvalue weighted by molar-refractivity contribution is 0.660. The highest BCUT2D eigenvalue weighted by Crippen LogP contribution is 2.56. The van der Waals surface area contributed by atoms with Gasteiger partial charge in [-0.1, -0.05) is 307 Å². The first-order chi connectivity index (χ1) is 60.9. The molecule has 2 aromatic heterocycles. The van der Waals surface area contributed by atoms with Gasteiger partial charge in [-0.2, -0.15) is 0 Å². The molecule has 0 radical (unpaired) electrons. The molecule has 0 unspecified atom stereocenters. The molecular weight excluding hydrogens is 1530 g/mol. The summed E-state index contributed by atoms with van der Waals surface area (Å²) in [6.07, 6.45) is 0. The van der Waals surface area contributed by atoms with Crippen LogP contribution in [0.2, 0.25) is 0 Å². The van der Waals surface area contributed by atoms with Gasteiger partial charge in [-0.05, 0) is 310 Å². The van der Waals surface area contributed by atoms with Crippen LogP contribution in [0.5, 0.6) is 0 Å². The summed E-state index contributed by atoms with van der Waals surface area (Å²) < 4.78 is 5.27. The van der Waals surface area contributed by atoms with Gasteiger partial charge in [0.05, 0.1) is 0 Å². The molecule has 0 bridgehead atoms. The first-order valence-corrected chi connectivity index (χ1v) is 44.8. The maximum atomic E-state index is 2.46. The lowest BCUT2D eigenvalue weighted by Gasteiger charge is -2.28. The summed E-state index contributed by atoms with van der Waals surface area (Å²) in [5.74, 6) is 0. The summed E-state index contributed by atoms with van der Waals surface area (Å²) in [4.78, 5) is 4.90. The van der Waals surface area contributed by atoms with Crippen LogP contribution < -0.4 is 9.80 Å². The summed E-state index contributed by atoms with van der Waals surface area (Å²) in [6, 6.07) is 156. The van der Waals surface area contributed by atoms with E-state index in [1.807, 2.05) is 22.7 Å². The average molecular weight is 1610 g/mol. The zero-order valence-corrected chi connectivity index (χ0v) is 70.6. The van der Waals surface area contributed by atoms with Crippen LogP contribution in [0.15, 0.2) is 413 Å². The van der Waals surface area contributed by atoms with Crippen LogP contribution in [0, 0.1) is 0 Å². The predicted octanol–water partition coefficient (Wildman–Crippen LogP) is 34.8. The summed E-state index contributed by atoms with van der Waals surface area (Å²) in [6.45, 7) is 9.61. The number of thiophene rings is 2. The first kappa shape index (κ1) is 72.1. The lowest BCUT2D eigenvalue weighted by atomic mass is 9.81. The third kappa shape index (κ3) is 11.4. The first-order valence-electron chi connectivity index (χ1n) is 43.1. The van der Waals surface area contributed by atoms with Crippen molar-refractivity contribution in [2.75, 3.05) is 9.80 Å². The molecule has 0 saturated heterocycles. The zero-order valence-electron chi connectivity index (χ0n) is 69.0. The molecule has 2 heterocycles. The minimum atomic E-state index is -0.287. The van der Waals surface area contributed by atoms with Crippen LogP contribution in [0.25, 0.3) is 195 Å². The molecule has 0 spiro atoms. The van der Waals surface area contributed by atoms with E-state index in [1.54, 1.807) is 0 Å². The number of benzene rings is 20. The molecular formula is C120H80N2S2. The van der Waals surface area contributed by atoms with Crippen LogP contribution in [-0.2, 0) is 10.8 Å². The molecule has 0 N–H and O–H groups in total. The largest absolute Gasteiger partial charge is 0.310 e. The number of nitrogens with zero attached hydrogens (tertiary/aromatic N) is 2. The highest BCUT2D eigenvalue weighted by Gasteiger charge is 2.39. The molecule has 2 nitrogen and oxygen atoms in total. The van der Waals surface area contributed by atoms with Crippen molar-refractivity contribution in [2.24, 2.45) is 0 Å². The average Bonchev–Trinajstić information content (AvgIpc) is 1.58. The second-order valence-electron chi connectivity index (χ2n) is 35.0. The molecule has 25 rings (SSSR count). The Morgan fingerprint density at radius 1 is 0.169 bits per heavy atom. The maximum absolute atomic E-state index is 2.46. The summed E-state index contributed by atoms with van der Waals surface area (Å²) in [7, 11) is 0. The summed E-state index contributed by atoms with van der Waals surface area (Å²) in [5.41, 5.74) is 38.9. The minimum Gasteiger partial charge on any atom is -0.310 e. The Morgan fingerprint density at radius 3 is 0.984 bits per heavy atom. The van der Waals surface area contributed by atoms with E-state index in [-0.39, 0.29) is 10.8 Å². The molecule has 0 amide bonds. The van der Waals surface area contributed by atoms with Crippen molar-refractivity contribution in [3.63, 3.8) is 0 Å². The molecule has 124 heavy (non-hydrogen) atoms. The Bertz CT molecular complexity index is 8160. The fourth-order valence-corrected chi connectivity index (χ4v) is 23.2. The van der Waals surface area contributed by atoms with Gasteiger partial charge >= 0.3 is 0 Å². The Morgan fingerprint density at radius 2 is 0.484 bits per heavy atom. The smallest absolute Gasteiger partial charge is 0.0465 e. The number of hydrogen-bond donors (Lipinski definition) is 0. The molecule has 0 atom stereocenters. The van der Waals surface area contributed by atoms with Gasteiger partial charge in [0, 0.05) is 85.3 Å². The van der Waals surface area contributed by atoms with E-state index in [1.165, 1.54) is 217 Å². The van der Waals surface area contributed by atoms with Crippen molar-refractivity contribution in [3.8, 4) is 122 Å². The van der Waals surface area contributed by atoms with Crippen molar-refractivity contribution in [2.45, 2.75) is 38.5 Å². The maximum Gasteiger partial charge on any atom is 0.0465 e. The van der Waals surface area contributed by atoms with E-state index in [0.29, 0.717) is 0 Å². The highest BCUT2D eigenvalue weighted by atomic mass is 32.1. The van der Waals surface area contributed by atoms with Gasteiger partial charge in [0.1, 0.15) is 0 Å². The standard InChI is InChI=1S/C120H80N2S2/c1-119(2)110-69-83(73-17-6-5-7-18-73)43-57-97(110)99-59-56-91(72-112(99)119)122(87-49-37-77(38-50-87)82-46-64-117-109(67-82)102-24-13-15-28-115(102)124-117)89-53-41-79(42-54-89)106-68-85-34-33-80(65-107(85)96-22-11-10-21-95(96)106)74-29-31-75(32-30-74)84-44-58-98-100-60-55-90(71-113(100)120(3,4)111(98)70-84)121(86-47-35-76(36-48-86)81-45-63-116-108(66-81)101-23-12-14-27-114(101)123-116)88-51-39-78(40-52-88)92-61-62-105-94-20-9-8-19-93(94)104-26-16-25-103(92)118(104)105/h5-72H,1-4H3. The Labute approximate surface area is 729 Å². The number of fused-ring (bicyclic) bond motifs is 18. The molecule has 20 aromatic carbocycles. The van der Waals surface area contributed by atoms with Crippen LogP contribution in [0.1, 0.15) is 49.9 Å². The Kier molecular flexibility index (Phi) is 16.2. The highest BCUT2D eigenvalue weighted by molar-refractivity contribution is 7.26.